The maximum Gasteiger partial charge on any atom is 0.320 e. The number of likely N-dealkylation sites (tertiary alicyclic amines) is 1. The Bertz CT molecular complexity index is 1730. The number of carboxylic acids is 1. The highest BCUT2D eigenvalue weighted by atomic mass is 32.2. The number of nitrogens with zero attached hydrogens (tertiary/aromatic N) is 3. The molecule has 14 nitrogen and oxygen atoms in total. The van der Waals surface area contributed by atoms with E-state index in [2.05, 4.69) is 15.3 Å². The molecule has 1 aliphatic heterocycles. The minimum absolute atomic E-state index is 0.0269. The Balaban J connectivity index is 1.50. The van der Waals surface area contributed by atoms with Gasteiger partial charge >= 0.3 is 5.97 Å². The molecule has 1 saturated carbocycles. The number of hydrogen-bond acceptors (Lipinski definition) is 8. The van der Waals surface area contributed by atoms with Crippen LogP contribution in [0.2, 0.25) is 0 Å². The van der Waals surface area contributed by atoms with E-state index >= 15 is 0 Å². The summed E-state index contributed by atoms with van der Waals surface area (Å²) in [4.78, 5) is 35.0. The highest BCUT2D eigenvalue weighted by molar-refractivity contribution is 7.93. The van der Waals surface area contributed by atoms with Gasteiger partial charge in [-0.15, -0.1) is 0 Å². The van der Waals surface area contributed by atoms with Crippen molar-refractivity contribution in [2.45, 2.75) is 76.5 Å². The predicted molar refractivity (Wildman–Crippen MR) is 178 cm³/mol. The van der Waals surface area contributed by atoms with Gasteiger partial charge in [-0.1, -0.05) is 19.3 Å². The molecule has 0 bridgehead atoms. The maximum absolute atomic E-state index is 13.8. The number of aromatic amines is 1. The SMILES string of the molecule is CC(=N)N1CCC(Oc2ccc(N(C(CC(=O)NC3CCCCC3)c3nc4ccc(C(=N)N)cc4[nH]3)S(=O)(=O)CC(=O)O)cc2)CC1. The lowest BCUT2D eigenvalue weighted by atomic mass is 9.95. The van der Waals surface area contributed by atoms with Gasteiger partial charge in [-0.2, -0.15) is 0 Å². The topological polar surface area (TPSA) is 219 Å². The number of carbonyl (C=O) groups is 2. The average molecular weight is 667 g/mol. The molecule has 2 fully saturated rings. The average Bonchev–Trinajstić information content (AvgIpc) is 3.45. The molecule has 1 amide bonds. The van der Waals surface area contributed by atoms with Gasteiger partial charge in [0.25, 0.3) is 0 Å². The molecule has 1 saturated heterocycles. The van der Waals surface area contributed by atoms with Crippen molar-refractivity contribution in [1.82, 2.24) is 20.2 Å². The van der Waals surface area contributed by atoms with Crippen LogP contribution in [-0.2, 0) is 19.6 Å². The van der Waals surface area contributed by atoms with Crippen molar-refractivity contribution >= 4 is 50.3 Å². The van der Waals surface area contributed by atoms with E-state index in [1.165, 1.54) is 12.1 Å². The van der Waals surface area contributed by atoms with Crippen LogP contribution in [-0.4, -0.2) is 82.9 Å². The first-order valence-electron chi connectivity index (χ1n) is 15.8. The Morgan fingerprint density at radius 3 is 2.40 bits per heavy atom. The number of imidazole rings is 1. The number of benzene rings is 2. The Kier molecular flexibility index (Phi) is 10.3. The number of aliphatic carboxylic acids is 1. The number of carboxylic acid groups (broad SMARTS) is 1. The summed E-state index contributed by atoms with van der Waals surface area (Å²) in [6.45, 7) is 3.16. The van der Waals surface area contributed by atoms with E-state index in [-0.39, 0.29) is 41.8 Å². The minimum atomic E-state index is -4.54. The normalized spacial score (nSPS) is 16.8. The molecule has 1 unspecified atom stereocenters. The van der Waals surface area contributed by atoms with Crippen molar-refractivity contribution in [3.8, 4) is 5.75 Å². The summed E-state index contributed by atoms with van der Waals surface area (Å²) in [7, 11) is -4.54. The lowest BCUT2D eigenvalue weighted by Crippen LogP contribution is -2.43. The number of carbonyl (C=O) groups excluding carboxylic acids is 1. The number of sulfonamides is 1. The Hall–Kier alpha value is -4.66. The molecule has 252 valence electrons. The van der Waals surface area contributed by atoms with Crippen molar-refractivity contribution in [2.75, 3.05) is 23.1 Å². The molecule has 2 aromatic carbocycles. The lowest BCUT2D eigenvalue weighted by molar-refractivity contribution is -0.134. The molecule has 15 heteroatoms. The van der Waals surface area contributed by atoms with Gasteiger partial charge in [0, 0.05) is 37.5 Å². The van der Waals surface area contributed by atoms with Crippen LogP contribution in [0, 0.1) is 10.8 Å². The highest BCUT2D eigenvalue weighted by Crippen LogP contribution is 2.35. The molecule has 3 aromatic rings. The summed E-state index contributed by atoms with van der Waals surface area (Å²) >= 11 is 0. The second-order valence-electron chi connectivity index (χ2n) is 12.2. The number of aromatic nitrogens is 2. The summed E-state index contributed by atoms with van der Waals surface area (Å²) < 4.78 is 34.8. The van der Waals surface area contributed by atoms with E-state index in [1.54, 1.807) is 37.3 Å². The lowest BCUT2D eigenvalue weighted by Gasteiger charge is -2.33. The number of amidine groups is 2. The van der Waals surface area contributed by atoms with Crippen LogP contribution in [0.4, 0.5) is 5.69 Å². The van der Waals surface area contributed by atoms with Crippen LogP contribution in [0.3, 0.4) is 0 Å². The van der Waals surface area contributed by atoms with Crippen LogP contribution >= 0.6 is 0 Å². The largest absolute Gasteiger partial charge is 0.490 e. The zero-order valence-corrected chi connectivity index (χ0v) is 27.2. The van der Waals surface area contributed by atoms with Crippen LogP contribution in [0.25, 0.3) is 11.0 Å². The molecule has 5 rings (SSSR count). The first kappa shape index (κ1) is 33.7. The van der Waals surface area contributed by atoms with E-state index in [9.17, 15) is 23.1 Å². The van der Waals surface area contributed by atoms with Crippen molar-refractivity contribution in [1.29, 1.82) is 10.8 Å². The smallest absolute Gasteiger partial charge is 0.320 e. The van der Waals surface area contributed by atoms with Gasteiger partial charge in [0.2, 0.25) is 15.9 Å². The van der Waals surface area contributed by atoms with E-state index in [4.69, 9.17) is 21.3 Å². The number of nitrogen functional groups attached to an aromatic ring is 1. The number of hydrogen-bond donors (Lipinski definition) is 6. The number of anilines is 1. The number of amides is 1. The van der Waals surface area contributed by atoms with Crippen LogP contribution in [0.15, 0.2) is 42.5 Å². The Labute approximate surface area is 273 Å². The summed E-state index contributed by atoms with van der Waals surface area (Å²) in [6, 6.07) is 9.95. The molecular formula is C32H42N8O6S. The summed E-state index contributed by atoms with van der Waals surface area (Å²) in [5.74, 6) is -2.11. The third kappa shape index (κ3) is 8.39. The number of nitrogens with one attached hydrogen (secondary N) is 4. The van der Waals surface area contributed by atoms with Crippen LogP contribution in [0.5, 0.6) is 5.75 Å². The zero-order chi connectivity index (χ0) is 33.7. The number of ether oxygens (including phenoxy) is 1. The molecular weight excluding hydrogens is 624 g/mol. The van der Waals surface area contributed by atoms with Gasteiger partial charge in [-0.3, -0.25) is 24.7 Å². The molecule has 1 aromatic heterocycles. The number of piperidine rings is 1. The Morgan fingerprint density at radius 1 is 1.11 bits per heavy atom. The molecule has 47 heavy (non-hydrogen) atoms. The first-order chi connectivity index (χ1) is 22.4. The van der Waals surface area contributed by atoms with Gasteiger partial charge in [0.1, 0.15) is 29.6 Å². The minimum Gasteiger partial charge on any atom is -0.490 e. The maximum atomic E-state index is 13.8. The first-order valence-corrected chi connectivity index (χ1v) is 17.4. The summed E-state index contributed by atoms with van der Waals surface area (Å²) in [5.41, 5.74) is 7.20. The Morgan fingerprint density at radius 2 is 1.79 bits per heavy atom. The standard InChI is InChI=1S/C32H42N8O6S/c1-20(33)39-15-13-25(14-16-39)46-24-10-8-23(9-11-24)40(47(44,45)19-30(42)43)28(18-29(41)36-22-5-3-2-4-6-22)32-37-26-12-7-21(31(34)35)17-27(26)38-32/h7-12,17,22,25,28,33H,2-6,13-16,18-19H2,1H3,(H3,34,35)(H,36,41)(H,37,38)(H,42,43). The summed E-state index contributed by atoms with van der Waals surface area (Å²) in [5, 5.41) is 28.3. The fraction of sp³-hybridized carbons (Fsp3) is 0.469. The molecule has 1 aliphatic carbocycles. The second kappa shape index (κ2) is 14.4. The molecule has 2 aliphatic rings. The number of nitrogens with two attached hydrogens (primary N) is 1. The molecule has 2 heterocycles. The van der Waals surface area contributed by atoms with Crippen molar-refractivity contribution < 1.29 is 27.9 Å². The zero-order valence-electron chi connectivity index (χ0n) is 26.4. The van der Waals surface area contributed by atoms with E-state index in [1.807, 2.05) is 4.90 Å². The molecule has 0 spiro atoms. The fourth-order valence-corrected chi connectivity index (χ4v) is 7.74. The van der Waals surface area contributed by atoms with Crippen molar-refractivity contribution in [3.63, 3.8) is 0 Å². The van der Waals surface area contributed by atoms with Gasteiger partial charge in [0.15, 0.2) is 5.75 Å². The van der Waals surface area contributed by atoms with Gasteiger partial charge < -0.3 is 30.8 Å². The van der Waals surface area contributed by atoms with E-state index < -0.39 is 27.8 Å². The quantitative estimate of drug-likeness (QED) is 0.123. The van der Waals surface area contributed by atoms with Crippen molar-refractivity contribution in [3.05, 3.63) is 53.9 Å². The summed E-state index contributed by atoms with van der Waals surface area (Å²) in [6.07, 6.45) is 5.80. The van der Waals surface area contributed by atoms with E-state index in [0.29, 0.717) is 41.3 Å². The molecule has 0 radical (unpaired) electrons. The second-order valence-corrected chi connectivity index (χ2v) is 14.1. The fourth-order valence-electron chi connectivity index (χ4n) is 6.29. The van der Waals surface area contributed by atoms with Gasteiger partial charge in [-0.05, 0) is 62.2 Å². The van der Waals surface area contributed by atoms with Crippen LogP contribution < -0.4 is 20.1 Å². The molecule has 7 N–H and O–H groups in total. The number of fused-ring (bicyclic) bond motifs is 1. The molecule has 1 atom stereocenters. The van der Waals surface area contributed by atoms with Crippen LogP contribution in [0.1, 0.15) is 75.7 Å². The number of rotatable bonds is 12. The third-order valence-corrected chi connectivity index (χ3v) is 10.4. The van der Waals surface area contributed by atoms with Gasteiger partial charge in [-0.25, -0.2) is 13.4 Å². The third-order valence-electron chi connectivity index (χ3n) is 8.67. The monoisotopic (exact) mass is 666 g/mol. The predicted octanol–water partition coefficient (Wildman–Crippen LogP) is 3.49. The highest BCUT2D eigenvalue weighted by Gasteiger charge is 2.37. The number of H-pyrrole nitrogens is 1. The van der Waals surface area contributed by atoms with Crippen molar-refractivity contribution in [2.24, 2.45) is 5.73 Å². The van der Waals surface area contributed by atoms with Gasteiger partial charge in [0.05, 0.1) is 29.0 Å². The van der Waals surface area contributed by atoms with E-state index in [0.717, 1.165) is 49.3 Å².